The van der Waals surface area contributed by atoms with Crippen LogP contribution in [0.2, 0.25) is 0 Å². The summed E-state index contributed by atoms with van der Waals surface area (Å²) >= 11 is 0.665. The van der Waals surface area contributed by atoms with Crippen molar-refractivity contribution in [3.63, 3.8) is 0 Å². The maximum Gasteiger partial charge on any atom is 0.344 e. The van der Waals surface area contributed by atoms with E-state index < -0.39 is 4.92 Å². The van der Waals surface area contributed by atoms with Crippen LogP contribution in [-0.4, -0.2) is 40.2 Å². The Morgan fingerprint density at radius 2 is 2.15 bits per heavy atom. The minimum atomic E-state index is -0.542. The number of nitro groups is 1. The fourth-order valence-corrected chi connectivity index (χ4v) is 2.66. The summed E-state index contributed by atoms with van der Waals surface area (Å²) in [6, 6.07) is 0. The predicted molar refractivity (Wildman–Crippen MR) is 72.4 cm³/mol. The van der Waals surface area contributed by atoms with Crippen LogP contribution in [0.15, 0.2) is 11.4 Å². The number of hydrogen-bond donors (Lipinski definition) is 0. The molecule has 2 unspecified atom stereocenters. The molecule has 0 radical (unpaired) electrons. The zero-order valence-corrected chi connectivity index (χ0v) is 11.8. The van der Waals surface area contributed by atoms with Gasteiger partial charge in [0.25, 0.3) is 0 Å². The second kappa shape index (κ2) is 6.02. The van der Waals surface area contributed by atoms with Gasteiger partial charge in [-0.05, 0) is 13.8 Å². The lowest BCUT2D eigenvalue weighted by molar-refractivity contribution is -0.387. The third-order valence-electron chi connectivity index (χ3n) is 2.81. The first-order chi connectivity index (χ1) is 9.52. The van der Waals surface area contributed by atoms with E-state index in [1.165, 1.54) is 6.33 Å². The molecule has 0 aliphatic carbocycles. The van der Waals surface area contributed by atoms with E-state index in [-0.39, 0.29) is 28.7 Å². The molecule has 0 saturated carbocycles. The van der Waals surface area contributed by atoms with Crippen LogP contribution in [0, 0.1) is 20.8 Å². The molecule has 1 aromatic heterocycles. The molecule has 20 heavy (non-hydrogen) atoms. The quantitative estimate of drug-likeness (QED) is 0.272. The van der Waals surface area contributed by atoms with E-state index in [0.29, 0.717) is 24.9 Å². The number of ether oxygens (including phenoxy) is 1. The van der Waals surface area contributed by atoms with Gasteiger partial charge in [0.05, 0.1) is 17.1 Å². The van der Waals surface area contributed by atoms with Gasteiger partial charge in [-0.2, -0.15) is 5.26 Å². The number of rotatable bonds is 3. The van der Waals surface area contributed by atoms with Gasteiger partial charge in [-0.1, -0.05) is 0 Å². The summed E-state index contributed by atoms with van der Waals surface area (Å²) in [7, 11) is 0. The van der Waals surface area contributed by atoms with E-state index in [0.717, 1.165) is 0 Å². The summed E-state index contributed by atoms with van der Waals surface area (Å²) in [6.45, 7) is 4.83. The van der Waals surface area contributed by atoms with Crippen LogP contribution in [0.5, 0.6) is 0 Å². The van der Waals surface area contributed by atoms with Gasteiger partial charge in [0, 0.05) is 24.9 Å². The van der Waals surface area contributed by atoms with Crippen LogP contribution < -0.4 is 4.90 Å². The van der Waals surface area contributed by atoms with Crippen molar-refractivity contribution in [1.29, 1.82) is 5.26 Å². The maximum absolute atomic E-state index is 11.3. The average Bonchev–Trinajstić information content (AvgIpc) is 2.37. The monoisotopic (exact) mass is 295 g/mol. The zero-order chi connectivity index (χ0) is 14.7. The first-order valence-electron chi connectivity index (χ1n) is 5.98. The molecule has 0 spiro atoms. The Bertz CT molecular complexity index is 551. The van der Waals surface area contributed by atoms with E-state index in [1.54, 1.807) is 10.3 Å². The molecule has 2 heterocycles. The number of thiocyanates is 1. The molecule has 2 rings (SSSR count). The molecule has 106 valence electrons. The van der Waals surface area contributed by atoms with Gasteiger partial charge in [-0.15, -0.1) is 0 Å². The summed E-state index contributed by atoms with van der Waals surface area (Å²) in [5, 5.41) is 21.8. The number of thioether (sulfide) groups is 1. The van der Waals surface area contributed by atoms with Gasteiger partial charge in [-0.25, -0.2) is 9.97 Å². The zero-order valence-electron chi connectivity index (χ0n) is 11.0. The van der Waals surface area contributed by atoms with E-state index in [4.69, 9.17) is 10.00 Å². The molecule has 1 aromatic rings. The third kappa shape index (κ3) is 2.97. The first kappa shape index (κ1) is 14.5. The average molecular weight is 295 g/mol. The van der Waals surface area contributed by atoms with Crippen molar-refractivity contribution < 1.29 is 9.66 Å². The standard InChI is InChI=1S/C11H13N5O3S/c1-7-3-15(4-8(2)19-7)10-9(16(17)18)11(20-5-12)14-6-13-10/h6-8H,3-4H2,1-2H3. The molecule has 0 bridgehead atoms. The van der Waals surface area contributed by atoms with Crippen molar-refractivity contribution in [1.82, 2.24) is 9.97 Å². The Labute approximate surface area is 119 Å². The van der Waals surface area contributed by atoms with Gasteiger partial charge >= 0.3 is 5.69 Å². The molecular weight excluding hydrogens is 282 g/mol. The Kier molecular flexibility index (Phi) is 4.36. The van der Waals surface area contributed by atoms with Crippen LogP contribution in [0.25, 0.3) is 0 Å². The highest BCUT2D eigenvalue weighted by Crippen LogP contribution is 2.34. The largest absolute Gasteiger partial charge is 0.372 e. The van der Waals surface area contributed by atoms with Gasteiger partial charge in [0.15, 0.2) is 5.03 Å². The fourth-order valence-electron chi connectivity index (χ4n) is 2.21. The second-order valence-electron chi connectivity index (χ2n) is 4.46. The topological polar surface area (TPSA) is 105 Å². The molecular formula is C11H13N5O3S. The lowest BCUT2D eigenvalue weighted by atomic mass is 10.2. The number of morpholine rings is 1. The molecule has 9 heteroatoms. The van der Waals surface area contributed by atoms with Crippen molar-refractivity contribution in [2.45, 2.75) is 31.1 Å². The highest BCUT2D eigenvalue weighted by molar-refractivity contribution is 8.03. The van der Waals surface area contributed by atoms with Crippen LogP contribution >= 0.6 is 11.8 Å². The number of nitrogens with zero attached hydrogens (tertiary/aromatic N) is 5. The highest BCUT2D eigenvalue weighted by Gasteiger charge is 2.31. The minimum absolute atomic E-state index is 0.0413. The van der Waals surface area contributed by atoms with Crippen LogP contribution in [0.3, 0.4) is 0 Å². The molecule has 0 aromatic carbocycles. The Balaban J connectivity index is 2.43. The first-order valence-corrected chi connectivity index (χ1v) is 6.80. The van der Waals surface area contributed by atoms with Crippen LogP contribution in [-0.2, 0) is 4.74 Å². The maximum atomic E-state index is 11.3. The molecule has 1 aliphatic heterocycles. The Morgan fingerprint density at radius 1 is 1.50 bits per heavy atom. The number of aromatic nitrogens is 2. The van der Waals surface area contributed by atoms with Crippen LogP contribution in [0.4, 0.5) is 11.5 Å². The van der Waals surface area contributed by atoms with E-state index in [1.807, 2.05) is 13.8 Å². The van der Waals surface area contributed by atoms with Gasteiger partial charge in [0.1, 0.15) is 11.7 Å². The fraction of sp³-hybridized carbons (Fsp3) is 0.545. The van der Waals surface area contributed by atoms with Gasteiger partial charge in [-0.3, -0.25) is 10.1 Å². The summed E-state index contributed by atoms with van der Waals surface area (Å²) in [5.74, 6) is 0.241. The molecule has 0 N–H and O–H groups in total. The smallest absolute Gasteiger partial charge is 0.344 e. The van der Waals surface area contributed by atoms with Crippen molar-refractivity contribution in [2.24, 2.45) is 0 Å². The molecule has 8 nitrogen and oxygen atoms in total. The summed E-state index contributed by atoms with van der Waals surface area (Å²) in [6.07, 6.45) is 1.16. The van der Waals surface area contributed by atoms with Crippen molar-refractivity contribution in [3.8, 4) is 5.40 Å². The molecule has 1 aliphatic rings. The van der Waals surface area contributed by atoms with E-state index in [2.05, 4.69) is 9.97 Å². The van der Waals surface area contributed by atoms with Crippen LogP contribution in [0.1, 0.15) is 13.8 Å². The molecule has 0 amide bonds. The lowest BCUT2D eigenvalue weighted by Gasteiger charge is -2.35. The predicted octanol–water partition coefficient (Wildman–Crippen LogP) is 1.57. The highest BCUT2D eigenvalue weighted by atomic mass is 32.2. The number of nitriles is 1. The minimum Gasteiger partial charge on any atom is -0.372 e. The molecule has 1 saturated heterocycles. The summed E-state index contributed by atoms with van der Waals surface area (Å²) in [5.41, 5.74) is -0.222. The Morgan fingerprint density at radius 3 is 2.70 bits per heavy atom. The van der Waals surface area contributed by atoms with Crippen molar-refractivity contribution in [2.75, 3.05) is 18.0 Å². The number of hydrogen-bond acceptors (Lipinski definition) is 8. The number of anilines is 1. The van der Waals surface area contributed by atoms with Gasteiger partial charge in [0.2, 0.25) is 5.82 Å². The normalized spacial score (nSPS) is 22.4. The molecule has 1 fully saturated rings. The molecule has 2 atom stereocenters. The third-order valence-corrected chi connectivity index (χ3v) is 3.40. The van der Waals surface area contributed by atoms with E-state index >= 15 is 0 Å². The second-order valence-corrected chi connectivity index (χ2v) is 5.24. The summed E-state index contributed by atoms with van der Waals surface area (Å²) in [4.78, 5) is 20.4. The van der Waals surface area contributed by atoms with Gasteiger partial charge < -0.3 is 9.64 Å². The Hall–Kier alpha value is -1.92. The SMILES string of the molecule is CC1CN(c2ncnc(SC#N)c2[N+](=O)[O-])CC(C)O1. The van der Waals surface area contributed by atoms with E-state index in [9.17, 15) is 10.1 Å². The lowest BCUT2D eigenvalue weighted by Crippen LogP contribution is -2.46. The van der Waals surface area contributed by atoms with Crippen molar-refractivity contribution >= 4 is 23.3 Å². The summed E-state index contributed by atoms with van der Waals surface area (Å²) < 4.78 is 5.60. The van der Waals surface area contributed by atoms with Crippen molar-refractivity contribution in [3.05, 3.63) is 16.4 Å².